The quantitative estimate of drug-likeness (QED) is 0.927. The Morgan fingerprint density at radius 2 is 2.24 bits per heavy atom. The summed E-state index contributed by atoms with van der Waals surface area (Å²) in [5.41, 5.74) is 2.06. The van der Waals surface area contributed by atoms with E-state index in [4.69, 9.17) is 11.6 Å². The molecule has 92 valence electrons. The average Bonchev–Trinajstić information content (AvgIpc) is 2.78. The molecule has 6 heteroatoms. The van der Waals surface area contributed by atoms with Crippen LogP contribution in [0.3, 0.4) is 0 Å². The minimum absolute atomic E-state index is 0.711. The number of aromatic nitrogens is 2. The van der Waals surface area contributed by atoms with Crippen LogP contribution in [0.1, 0.15) is 16.1 Å². The molecule has 2 aromatic rings. The van der Waals surface area contributed by atoms with Gasteiger partial charge >= 0.3 is 0 Å². The molecule has 0 saturated carbocycles. The molecule has 0 radical (unpaired) electrons. The third-order valence-electron chi connectivity index (χ3n) is 2.50. The largest absolute Gasteiger partial charge is 0.308 e. The summed E-state index contributed by atoms with van der Waals surface area (Å²) in [5.74, 6) is 0. The number of thiophene rings is 1. The van der Waals surface area contributed by atoms with Gasteiger partial charge in [-0.05, 0) is 35.0 Å². The van der Waals surface area contributed by atoms with E-state index >= 15 is 0 Å². The topological polar surface area (TPSA) is 29.9 Å². The van der Waals surface area contributed by atoms with Crippen LogP contribution in [0.5, 0.6) is 0 Å². The molecule has 0 aliphatic heterocycles. The standard InChI is InChI=1S/C11H13BrClN3S/c1-7-9(11(13)16(2)15-7)6-14-5-8-3-4-10(12)17-8/h3-4,14H,5-6H2,1-2H3. The highest BCUT2D eigenvalue weighted by Gasteiger charge is 2.10. The molecule has 0 amide bonds. The number of hydrogen-bond acceptors (Lipinski definition) is 3. The van der Waals surface area contributed by atoms with Gasteiger partial charge in [-0.15, -0.1) is 11.3 Å². The monoisotopic (exact) mass is 333 g/mol. The van der Waals surface area contributed by atoms with Gasteiger partial charge in [-0.25, -0.2) is 0 Å². The highest BCUT2D eigenvalue weighted by atomic mass is 79.9. The summed E-state index contributed by atoms with van der Waals surface area (Å²) in [5, 5.41) is 8.37. The van der Waals surface area contributed by atoms with E-state index in [0.29, 0.717) is 5.15 Å². The van der Waals surface area contributed by atoms with Crippen molar-refractivity contribution in [3.8, 4) is 0 Å². The Balaban J connectivity index is 1.94. The third-order valence-corrected chi connectivity index (χ3v) is 4.60. The molecule has 1 N–H and O–H groups in total. The number of nitrogens with zero attached hydrogens (tertiary/aromatic N) is 2. The van der Waals surface area contributed by atoms with Crippen molar-refractivity contribution < 1.29 is 0 Å². The molecule has 0 aliphatic rings. The first kappa shape index (κ1) is 13.1. The van der Waals surface area contributed by atoms with E-state index in [2.05, 4.69) is 38.5 Å². The fourth-order valence-corrected chi connectivity index (χ4v) is 3.33. The Bertz CT molecular complexity index is 521. The first-order valence-corrected chi connectivity index (χ1v) is 7.19. The van der Waals surface area contributed by atoms with E-state index in [1.165, 1.54) is 4.88 Å². The maximum absolute atomic E-state index is 6.16. The Morgan fingerprint density at radius 3 is 2.76 bits per heavy atom. The number of hydrogen-bond donors (Lipinski definition) is 1. The van der Waals surface area contributed by atoms with E-state index in [-0.39, 0.29) is 0 Å². The van der Waals surface area contributed by atoms with Crippen molar-refractivity contribution in [2.45, 2.75) is 20.0 Å². The second kappa shape index (κ2) is 5.52. The fraction of sp³-hybridized carbons (Fsp3) is 0.364. The van der Waals surface area contributed by atoms with Gasteiger partial charge < -0.3 is 5.32 Å². The van der Waals surface area contributed by atoms with Gasteiger partial charge in [0.25, 0.3) is 0 Å². The third kappa shape index (κ3) is 3.10. The van der Waals surface area contributed by atoms with Gasteiger partial charge in [0.15, 0.2) is 0 Å². The van der Waals surface area contributed by atoms with Crippen LogP contribution >= 0.6 is 38.9 Å². The predicted molar refractivity (Wildman–Crippen MR) is 75.5 cm³/mol. The molecule has 3 nitrogen and oxygen atoms in total. The van der Waals surface area contributed by atoms with Crippen molar-refractivity contribution in [2.75, 3.05) is 0 Å². The van der Waals surface area contributed by atoms with Gasteiger partial charge in [0.05, 0.1) is 9.48 Å². The summed E-state index contributed by atoms with van der Waals surface area (Å²) in [7, 11) is 1.86. The zero-order chi connectivity index (χ0) is 12.4. The van der Waals surface area contributed by atoms with Gasteiger partial charge in [0, 0.05) is 30.6 Å². The molecule has 0 saturated heterocycles. The van der Waals surface area contributed by atoms with E-state index in [0.717, 1.165) is 28.1 Å². The highest BCUT2D eigenvalue weighted by Crippen LogP contribution is 2.22. The molecule has 0 unspecified atom stereocenters. The van der Waals surface area contributed by atoms with Crippen molar-refractivity contribution in [3.05, 3.63) is 37.2 Å². The average molecular weight is 335 g/mol. The van der Waals surface area contributed by atoms with Gasteiger partial charge in [0.2, 0.25) is 0 Å². The molecule has 0 aliphatic carbocycles. The Morgan fingerprint density at radius 1 is 1.47 bits per heavy atom. The van der Waals surface area contributed by atoms with Crippen LogP contribution < -0.4 is 5.32 Å². The summed E-state index contributed by atoms with van der Waals surface area (Å²) in [4.78, 5) is 1.30. The van der Waals surface area contributed by atoms with Crippen LogP contribution in [0.15, 0.2) is 15.9 Å². The van der Waals surface area contributed by atoms with Crippen molar-refractivity contribution >= 4 is 38.9 Å². The van der Waals surface area contributed by atoms with Crippen molar-refractivity contribution in [1.29, 1.82) is 0 Å². The molecule has 0 spiro atoms. The van der Waals surface area contributed by atoms with Crippen LogP contribution in [0.25, 0.3) is 0 Å². The summed E-state index contributed by atoms with van der Waals surface area (Å²) in [6.45, 7) is 3.57. The Labute approximate surface area is 118 Å². The lowest BCUT2D eigenvalue weighted by molar-refractivity contribution is 0.697. The van der Waals surface area contributed by atoms with Crippen LogP contribution in [0.2, 0.25) is 5.15 Å². The van der Waals surface area contributed by atoms with Crippen molar-refractivity contribution in [1.82, 2.24) is 15.1 Å². The summed E-state index contributed by atoms with van der Waals surface area (Å²) in [6, 6.07) is 4.17. The molecule has 0 aromatic carbocycles. The molecular formula is C11H13BrClN3S. The summed E-state index contributed by atoms with van der Waals surface area (Å²) >= 11 is 11.3. The van der Waals surface area contributed by atoms with E-state index in [1.54, 1.807) is 16.0 Å². The first-order chi connectivity index (χ1) is 8.08. The van der Waals surface area contributed by atoms with Gasteiger partial charge in [-0.3, -0.25) is 4.68 Å². The maximum atomic E-state index is 6.16. The van der Waals surface area contributed by atoms with E-state index < -0.39 is 0 Å². The van der Waals surface area contributed by atoms with E-state index in [1.807, 2.05) is 14.0 Å². The van der Waals surface area contributed by atoms with Crippen LogP contribution in [0.4, 0.5) is 0 Å². The lowest BCUT2D eigenvalue weighted by Gasteiger charge is -2.02. The number of halogens is 2. The summed E-state index contributed by atoms with van der Waals surface area (Å²) in [6.07, 6.45) is 0. The molecule has 0 bridgehead atoms. The molecule has 0 atom stereocenters. The zero-order valence-electron chi connectivity index (χ0n) is 9.63. The summed E-state index contributed by atoms with van der Waals surface area (Å²) < 4.78 is 2.86. The van der Waals surface area contributed by atoms with Crippen LogP contribution in [-0.2, 0) is 20.1 Å². The first-order valence-electron chi connectivity index (χ1n) is 5.21. The maximum Gasteiger partial charge on any atom is 0.131 e. The highest BCUT2D eigenvalue weighted by molar-refractivity contribution is 9.11. The van der Waals surface area contributed by atoms with Crippen LogP contribution in [-0.4, -0.2) is 9.78 Å². The predicted octanol–water partition coefficient (Wildman–Crippen LogP) is 3.50. The van der Waals surface area contributed by atoms with Gasteiger partial charge in [-0.2, -0.15) is 5.10 Å². The Kier molecular flexibility index (Phi) is 4.25. The number of aryl methyl sites for hydroxylation is 2. The SMILES string of the molecule is Cc1nn(C)c(Cl)c1CNCc1ccc(Br)s1. The van der Waals surface area contributed by atoms with Gasteiger partial charge in [-0.1, -0.05) is 11.6 Å². The smallest absolute Gasteiger partial charge is 0.131 e. The minimum Gasteiger partial charge on any atom is -0.308 e. The minimum atomic E-state index is 0.711. The Hall–Kier alpha value is -0.360. The molecule has 0 fully saturated rings. The molecule has 2 aromatic heterocycles. The normalized spacial score (nSPS) is 11.1. The second-order valence-corrected chi connectivity index (χ2v) is 6.69. The zero-order valence-corrected chi connectivity index (χ0v) is 12.8. The molecule has 2 heterocycles. The van der Waals surface area contributed by atoms with Gasteiger partial charge in [0.1, 0.15) is 5.15 Å². The molecular weight excluding hydrogens is 322 g/mol. The lowest BCUT2D eigenvalue weighted by atomic mass is 10.2. The lowest BCUT2D eigenvalue weighted by Crippen LogP contribution is -2.12. The molecule has 17 heavy (non-hydrogen) atoms. The molecule has 2 rings (SSSR count). The second-order valence-electron chi connectivity index (χ2n) is 3.79. The van der Waals surface area contributed by atoms with Crippen molar-refractivity contribution in [2.24, 2.45) is 7.05 Å². The number of rotatable bonds is 4. The number of nitrogens with one attached hydrogen (secondary N) is 1. The van der Waals surface area contributed by atoms with Crippen molar-refractivity contribution in [3.63, 3.8) is 0 Å². The van der Waals surface area contributed by atoms with Crippen LogP contribution in [0, 0.1) is 6.92 Å². The van der Waals surface area contributed by atoms with E-state index in [9.17, 15) is 0 Å². The fourth-order valence-electron chi connectivity index (χ4n) is 1.63.